The first-order chi connectivity index (χ1) is 9.89. The molecule has 0 aliphatic heterocycles. The lowest BCUT2D eigenvalue weighted by molar-refractivity contribution is -0.158. The van der Waals surface area contributed by atoms with Crippen LogP contribution in [0.2, 0.25) is 0 Å². The highest BCUT2D eigenvalue weighted by Gasteiger charge is 2.31. The molecule has 21 heavy (non-hydrogen) atoms. The van der Waals surface area contributed by atoms with E-state index in [-0.39, 0.29) is 5.78 Å². The highest BCUT2D eigenvalue weighted by molar-refractivity contribution is 5.93. The summed E-state index contributed by atoms with van der Waals surface area (Å²) in [7, 11) is 0. The van der Waals surface area contributed by atoms with Crippen molar-refractivity contribution in [2.75, 3.05) is 6.61 Å². The van der Waals surface area contributed by atoms with Crippen LogP contribution in [-0.2, 0) is 14.3 Å². The van der Waals surface area contributed by atoms with Crippen molar-refractivity contribution in [3.8, 4) is 5.75 Å². The second-order valence-electron chi connectivity index (χ2n) is 5.06. The monoisotopic (exact) mass is 290 g/mol. The summed E-state index contributed by atoms with van der Waals surface area (Å²) in [6.45, 7) is 7.23. The molecule has 0 N–H and O–H groups in total. The first-order valence-electron chi connectivity index (χ1n) is 7.06. The fraction of sp³-hybridized carbons (Fsp3) is 0.412. The summed E-state index contributed by atoms with van der Waals surface area (Å²) in [4.78, 5) is 23.0. The molecule has 0 heterocycles. The third kappa shape index (κ3) is 5.42. The molecule has 1 rings (SSSR count). The van der Waals surface area contributed by atoms with Crippen LogP contribution in [0.15, 0.2) is 30.3 Å². The van der Waals surface area contributed by atoms with Crippen molar-refractivity contribution in [3.05, 3.63) is 35.9 Å². The maximum absolute atomic E-state index is 11.8. The Morgan fingerprint density at radius 2 is 1.76 bits per heavy atom. The number of hydrogen-bond donors (Lipinski definition) is 0. The largest absolute Gasteiger partial charge is 0.476 e. The zero-order valence-corrected chi connectivity index (χ0v) is 13.0. The number of rotatable bonds is 7. The van der Waals surface area contributed by atoms with E-state index >= 15 is 0 Å². The summed E-state index contributed by atoms with van der Waals surface area (Å²) < 4.78 is 10.6. The topological polar surface area (TPSA) is 52.6 Å². The van der Waals surface area contributed by atoms with E-state index in [1.165, 1.54) is 0 Å². The van der Waals surface area contributed by atoms with Gasteiger partial charge in [0.2, 0.25) is 0 Å². The van der Waals surface area contributed by atoms with Gasteiger partial charge in [0.15, 0.2) is 11.4 Å². The molecule has 114 valence electrons. The van der Waals surface area contributed by atoms with Gasteiger partial charge in [-0.2, -0.15) is 0 Å². The van der Waals surface area contributed by atoms with Crippen molar-refractivity contribution in [1.82, 2.24) is 0 Å². The van der Waals surface area contributed by atoms with Crippen molar-refractivity contribution < 1.29 is 19.1 Å². The van der Waals surface area contributed by atoms with E-state index < -0.39 is 11.6 Å². The molecule has 0 atom stereocenters. The molecule has 4 heteroatoms. The quantitative estimate of drug-likeness (QED) is 0.570. The van der Waals surface area contributed by atoms with Gasteiger partial charge in [0.1, 0.15) is 5.75 Å². The van der Waals surface area contributed by atoms with E-state index in [0.29, 0.717) is 18.8 Å². The highest BCUT2D eigenvalue weighted by atomic mass is 16.6. The highest BCUT2D eigenvalue weighted by Crippen LogP contribution is 2.20. The van der Waals surface area contributed by atoms with E-state index in [0.717, 1.165) is 5.56 Å². The summed E-state index contributed by atoms with van der Waals surface area (Å²) in [5.74, 6) is 0.258. The first-order valence-corrected chi connectivity index (χ1v) is 7.06. The van der Waals surface area contributed by atoms with Crippen molar-refractivity contribution in [2.45, 2.75) is 39.7 Å². The predicted octanol–water partition coefficient (Wildman–Crippen LogP) is 3.40. The molecule has 0 aromatic heterocycles. The van der Waals surface area contributed by atoms with Crippen LogP contribution in [0, 0.1) is 0 Å². The molecular formula is C17H22O4. The standard InChI is InChI=1S/C17H22O4/c1-5-14(18)10-7-13-8-11-15(12-9-13)21-17(3,4)16(19)20-6-2/h7-12H,5-6H2,1-4H3/b10-7+. The van der Waals surface area contributed by atoms with Gasteiger partial charge in [-0.15, -0.1) is 0 Å². The molecule has 1 aromatic rings. The van der Waals surface area contributed by atoms with Gasteiger partial charge in [-0.3, -0.25) is 4.79 Å². The Labute approximate surface area is 125 Å². The van der Waals surface area contributed by atoms with E-state index in [9.17, 15) is 9.59 Å². The van der Waals surface area contributed by atoms with Crippen LogP contribution >= 0.6 is 0 Å². The number of esters is 1. The summed E-state index contributed by atoms with van der Waals surface area (Å²) in [5.41, 5.74) is -0.135. The predicted molar refractivity (Wildman–Crippen MR) is 82.1 cm³/mol. The molecule has 1 aromatic carbocycles. The summed E-state index contributed by atoms with van der Waals surface area (Å²) in [5, 5.41) is 0. The number of carbonyl (C=O) groups is 2. The van der Waals surface area contributed by atoms with E-state index in [4.69, 9.17) is 9.47 Å². The lowest BCUT2D eigenvalue weighted by atomic mass is 10.1. The number of benzene rings is 1. The molecule has 0 fully saturated rings. The van der Waals surface area contributed by atoms with Crippen LogP contribution in [0.4, 0.5) is 0 Å². The van der Waals surface area contributed by atoms with E-state index in [2.05, 4.69) is 0 Å². The lowest BCUT2D eigenvalue weighted by Crippen LogP contribution is -2.39. The zero-order chi connectivity index (χ0) is 15.9. The number of hydrogen-bond acceptors (Lipinski definition) is 4. The minimum absolute atomic E-state index is 0.0822. The first kappa shape index (κ1) is 17.0. The van der Waals surface area contributed by atoms with Crippen LogP contribution < -0.4 is 4.74 Å². The molecule has 0 aliphatic carbocycles. The Morgan fingerprint density at radius 1 is 1.14 bits per heavy atom. The van der Waals surface area contributed by atoms with E-state index in [1.807, 2.05) is 19.1 Å². The summed E-state index contributed by atoms with van der Waals surface area (Å²) >= 11 is 0. The van der Waals surface area contributed by atoms with Crippen molar-refractivity contribution >= 4 is 17.8 Å². The molecule has 0 amide bonds. The van der Waals surface area contributed by atoms with Gasteiger partial charge in [0.05, 0.1) is 6.61 Å². The van der Waals surface area contributed by atoms with Crippen LogP contribution in [0.25, 0.3) is 6.08 Å². The zero-order valence-electron chi connectivity index (χ0n) is 13.0. The summed E-state index contributed by atoms with van der Waals surface area (Å²) in [6.07, 6.45) is 3.80. The maximum Gasteiger partial charge on any atom is 0.349 e. The van der Waals surface area contributed by atoms with Crippen LogP contribution in [0.3, 0.4) is 0 Å². The normalized spacial score (nSPS) is 11.4. The number of allylic oxidation sites excluding steroid dienone is 1. The second kappa shape index (κ2) is 7.62. The minimum Gasteiger partial charge on any atom is -0.476 e. The molecule has 0 radical (unpaired) electrons. The average Bonchev–Trinajstić information content (AvgIpc) is 2.46. The van der Waals surface area contributed by atoms with Gasteiger partial charge in [-0.25, -0.2) is 4.79 Å². The lowest BCUT2D eigenvalue weighted by Gasteiger charge is -2.24. The molecular weight excluding hydrogens is 268 g/mol. The Balaban J connectivity index is 2.72. The molecule has 0 spiro atoms. The van der Waals surface area contributed by atoms with Crippen molar-refractivity contribution in [1.29, 1.82) is 0 Å². The fourth-order valence-electron chi connectivity index (χ4n) is 1.60. The Hall–Kier alpha value is -2.10. The third-order valence-electron chi connectivity index (χ3n) is 2.83. The van der Waals surface area contributed by atoms with Gasteiger partial charge < -0.3 is 9.47 Å². The SMILES string of the molecule is CCOC(=O)C(C)(C)Oc1ccc(/C=C/C(=O)CC)cc1. The number of ether oxygens (including phenoxy) is 2. The van der Waals surface area contributed by atoms with Gasteiger partial charge in [-0.05, 0) is 44.5 Å². The Morgan fingerprint density at radius 3 is 2.29 bits per heavy atom. The second-order valence-corrected chi connectivity index (χ2v) is 5.06. The molecule has 0 saturated carbocycles. The van der Waals surface area contributed by atoms with Crippen molar-refractivity contribution in [3.63, 3.8) is 0 Å². The van der Waals surface area contributed by atoms with Crippen LogP contribution in [0.1, 0.15) is 39.7 Å². The number of ketones is 1. The fourth-order valence-corrected chi connectivity index (χ4v) is 1.60. The van der Waals surface area contributed by atoms with Gasteiger partial charge in [0.25, 0.3) is 0 Å². The van der Waals surface area contributed by atoms with Crippen molar-refractivity contribution in [2.24, 2.45) is 0 Å². The number of carbonyl (C=O) groups excluding carboxylic acids is 2. The minimum atomic E-state index is -1.04. The summed E-state index contributed by atoms with van der Waals surface area (Å²) in [6, 6.07) is 7.18. The van der Waals surface area contributed by atoms with Gasteiger partial charge in [0, 0.05) is 6.42 Å². The van der Waals surface area contributed by atoms with E-state index in [1.54, 1.807) is 45.1 Å². The van der Waals surface area contributed by atoms with Crippen LogP contribution in [-0.4, -0.2) is 24.0 Å². The molecule has 4 nitrogen and oxygen atoms in total. The smallest absolute Gasteiger partial charge is 0.349 e. The average molecular weight is 290 g/mol. The molecule has 0 unspecified atom stereocenters. The van der Waals surface area contributed by atoms with Gasteiger partial charge >= 0.3 is 5.97 Å². The van der Waals surface area contributed by atoms with Crippen LogP contribution in [0.5, 0.6) is 5.75 Å². The Bertz CT molecular complexity index is 512. The molecule has 0 bridgehead atoms. The molecule has 0 aliphatic rings. The third-order valence-corrected chi connectivity index (χ3v) is 2.83. The maximum atomic E-state index is 11.8. The van der Waals surface area contributed by atoms with Gasteiger partial charge in [-0.1, -0.05) is 25.1 Å². The Kier molecular flexibility index (Phi) is 6.15. The molecule has 0 saturated heterocycles.